The van der Waals surface area contributed by atoms with E-state index in [0.717, 1.165) is 82.6 Å². The minimum absolute atomic E-state index is 0.0356. The number of benzene rings is 3. The average molecular weight is 1420 g/mol. The molecule has 4 fully saturated rings. The highest BCUT2D eigenvalue weighted by Gasteiger charge is 2.62. The molecule has 30 heteroatoms. The van der Waals surface area contributed by atoms with E-state index in [1.165, 1.54) is 41.5 Å². The number of hydrogen-bond donors (Lipinski definition) is 8. The number of rotatable bonds is 27. The third kappa shape index (κ3) is 15.4. The molecule has 3 aliphatic carbocycles. The summed E-state index contributed by atoms with van der Waals surface area (Å²) in [6.45, 7) is 7.84. The van der Waals surface area contributed by atoms with Crippen LogP contribution in [0.15, 0.2) is 91.2 Å². The molecule has 102 heavy (non-hydrogen) atoms. The van der Waals surface area contributed by atoms with Crippen LogP contribution < -0.4 is 30.3 Å². The number of aliphatic hydroxyl groups excluding tert-OH is 3. The van der Waals surface area contributed by atoms with E-state index in [-0.39, 0.29) is 92.2 Å². The van der Waals surface area contributed by atoms with Crippen molar-refractivity contribution in [1.29, 1.82) is 0 Å². The zero-order valence-electron chi connectivity index (χ0n) is 57.0. The fourth-order valence-electron chi connectivity index (χ4n) is 16.0. The van der Waals surface area contributed by atoms with Crippen LogP contribution in [0.4, 0.5) is 21.4 Å². The number of aliphatic hydroxyl groups is 3. The highest BCUT2D eigenvalue weighted by molar-refractivity contribution is 7.22. The molecule has 3 aromatic heterocycles. The number of carbonyl (C=O) groups is 8. The second kappa shape index (κ2) is 30.1. The number of aromatic carboxylic acids is 1. The first-order chi connectivity index (χ1) is 48.8. The number of thiazole rings is 1. The lowest BCUT2D eigenvalue weighted by molar-refractivity contribution is -0.271. The summed E-state index contributed by atoms with van der Waals surface area (Å²) in [7, 11) is 3.13. The van der Waals surface area contributed by atoms with Crippen molar-refractivity contribution < 1.29 is 92.3 Å². The molecule has 6 aliphatic rings. The molecule has 1 saturated heterocycles. The number of imide groups is 1. The van der Waals surface area contributed by atoms with Crippen LogP contribution in [-0.4, -0.2) is 206 Å². The summed E-state index contributed by atoms with van der Waals surface area (Å²) in [6, 6.07) is 19.1. The Morgan fingerprint density at radius 1 is 0.853 bits per heavy atom. The van der Waals surface area contributed by atoms with Gasteiger partial charge in [0.2, 0.25) is 18.1 Å². The van der Waals surface area contributed by atoms with Gasteiger partial charge in [-0.1, -0.05) is 49.5 Å². The predicted octanol–water partition coefficient (Wildman–Crippen LogP) is 6.21. The lowest BCUT2D eigenvalue weighted by atomic mass is 9.42. The summed E-state index contributed by atoms with van der Waals surface area (Å²) < 4.78 is 38.1. The molecule has 12 rings (SSSR count). The largest absolute Gasteiger partial charge is 0.496 e. The fraction of sp³-hybridized carbons (Fsp3) is 0.458. The number of amides is 6. The summed E-state index contributed by atoms with van der Waals surface area (Å²) in [5, 5.41) is 65.4. The smallest absolute Gasteiger partial charge is 0.410 e. The summed E-state index contributed by atoms with van der Waals surface area (Å²) in [4.78, 5) is 116. The third-order valence-electron chi connectivity index (χ3n) is 20.4. The molecule has 3 aliphatic heterocycles. The fourth-order valence-corrected chi connectivity index (χ4v) is 16.9. The van der Waals surface area contributed by atoms with Gasteiger partial charge < -0.3 is 74.4 Å². The molecule has 3 saturated carbocycles. The third-order valence-corrected chi connectivity index (χ3v) is 21.4. The molecule has 6 heterocycles. The number of para-hydroxylation sites is 1. The molecule has 29 nitrogen and oxygen atoms in total. The monoisotopic (exact) mass is 1420 g/mol. The molecule has 3 aromatic carbocycles. The molecule has 6 amide bonds. The number of aliphatic carboxylic acids is 1. The van der Waals surface area contributed by atoms with Crippen molar-refractivity contribution in [2.45, 2.75) is 122 Å². The van der Waals surface area contributed by atoms with Crippen molar-refractivity contribution in [3.63, 3.8) is 0 Å². The van der Waals surface area contributed by atoms with E-state index >= 15 is 0 Å². The lowest BCUT2D eigenvalue weighted by Crippen LogP contribution is -2.61. The molecular weight excluding hydrogens is 1340 g/mol. The van der Waals surface area contributed by atoms with Crippen LogP contribution in [0.2, 0.25) is 0 Å². The van der Waals surface area contributed by atoms with E-state index in [2.05, 4.69) is 34.8 Å². The minimum Gasteiger partial charge on any atom is -0.496 e. The topological polar surface area (TPSA) is 382 Å². The second-order valence-corrected chi connectivity index (χ2v) is 28.6. The zero-order chi connectivity index (χ0) is 72.4. The Bertz CT molecular complexity index is 4260. The van der Waals surface area contributed by atoms with Gasteiger partial charge in [-0.2, -0.15) is 5.10 Å². The Hall–Kier alpha value is -9.69. The molecule has 540 valence electrons. The number of nitrogens with one attached hydrogen (secondary N) is 3. The standard InChI is InChI=1S/C72H82N10O19S/c1-40-46(44-14-17-54(77-59(44)65(91)92)80-25-22-43-47(35-80)45(13-16-51(43)97-5)64(90)78-68-76-49-10-6-7-11-53(49)102-68)33-74-82(40)34-42-32-72(38-70(2)23-20-48(42)71(3,37-70)39-72)99-30-27-79(26-29-96-4)69(95)98-28-8-9-41-12-15-52(100-67-62(89)60(87)61(88)63(101-67)66(93)94)50(31-41)75-55(83)21-24-73-56(84)36-81-57(85)18-19-58(81)86/h6-19,31,33,42,48,60-63,67,87-89H,20-30,32,34-39H2,1-5H3,(H,73,84)(H,75,83)(H,91,92)(H,93,94)(H,76,78,90)/b9-8+/t42?,48?,60-,61-,62+,63-,67+,70?,71?,72?/m0/s1. The van der Waals surface area contributed by atoms with Gasteiger partial charge in [0.25, 0.3) is 17.7 Å². The number of carbonyl (C=O) groups excluding carboxylic acids is 6. The van der Waals surface area contributed by atoms with E-state index in [1.807, 2.05) is 46.8 Å². The van der Waals surface area contributed by atoms with Gasteiger partial charge in [0, 0.05) is 92.9 Å². The van der Waals surface area contributed by atoms with Gasteiger partial charge in [0.05, 0.1) is 48.0 Å². The van der Waals surface area contributed by atoms with Crippen LogP contribution in [-0.2, 0) is 62.4 Å². The second-order valence-electron chi connectivity index (χ2n) is 27.5. The number of methoxy groups -OCH3 is 2. The molecule has 0 radical (unpaired) electrons. The van der Waals surface area contributed by atoms with Gasteiger partial charge in [-0.05, 0) is 140 Å². The Labute approximate surface area is 590 Å². The van der Waals surface area contributed by atoms with Crippen LogP contribution in [0, 0.1) is 29.6 Å². The Morgan fingerprint density at radius 3 is 2.38 bits per heavy atom. The predicted molar refractivity (Wildman–Crippen MR) is 369 cm³/mol. The quantitative estimate of drug-likeness (QED) is 0.0266. The van der Waals surface area contributed by atoms with Gasteiger partial charge in [-0.25, -0.2) is 24.4 Å². The molecule has 0 spiro atoms. The van der Waals surface area contributed by atoms with E-state index in [1.54, 1.807) is 43.7 Å². The van der Waals surface area contributed by atoms with E-state index in [0.29, 0.717) is 64.4 Å². The SMILES string of the molecule is COCCN(CCOC12CC(Cn3ncc(-c4ccc(N5CCc6c(OC)ccc(C(=O)Nc7nc8ccccc8s7)c6C5)nc4C(=O)O)c3C)C3CCC(C)(C1)CC3(C)C2)C(=O)OC/C=C/c1ccc(O[C@@H]2O[C@H](C(=O)O)[C@@H](O)[C@H](O)[C@H]2O)c(NC(=O)CCNC(=O)CN2C(=O)C=CC2=O)c1. The normalized spacial score (nSPS) is 25.0. The molecule has 5 unspecified atom stereocenters. The summed E-state index contributed by atoms with van der Waals surface area (Å²) >= 11 is 1.39. The van der Waals surface area contributed by atoms with Crippen molar-refractivity contribution in [3.8, 4) is 22.6 Å². The maximum atomic E-state index is 14.0. The summed E-state index contributed by atoms with van der Waals surface area (Å²) in [6.07, 6.45) is 2.29. The first-order valence-corrected chi connectivity index (χ1v) is 34.6. The Kier molecular flexibility index (Phi) is 21.3. The molecular formula is C72H82N10O19S. The van der Waals surface area contributed by atoms with E-state index < -0.39 is 84.5 Å². The first-order valence-electron chi connectivity index (χ1n) is 33.8. The van der Waals surface area contributed by atoms with Crippen molar-refractivity contribution >= 4 is 91.8 Å². The van der Waals surface area contributed by atoms with Gasteiger partial charge in [-0.3, -0.25) is 38.9 Å². The van der Waals surface area contributed by atoms with Crippen LogP contribution in [0.1, 0.15) is 102 Å². The number of nitrogens with zero attached hydrogens (tertiary/aromatic N) is 7. The average Bonchev–Trinajstić information content (AvgIpc) is 0.757. The van der Waals surface area contributed by atoms with Gasteiger partial charge in [-0.15, -0.1) is 0 Å². The zero-order valence-corrected chi connectivity index (χ0v) is 57.8. The van der Waals surface area contributed by atoms with E-state index in [4.69, 9.17) is 38.5 Å². The number of carboxylic acid groups (broad SMARTS) is 2. The van der Waals surface area contributed by atoms with Crippen molar-refractivity contribution in [2.24, 2.45) is 22.7 Å². The Balaban J connectivity index is 0.692. The molecule has 8 N–H and O–H groups in total. The number of hydrogen-bond acceptors (Lipinski definition) is 22. The number of carboxylic acids is 2. The maximum Gasteiger partial charge on any atom is 0.410 e. The number of anilines is 3. The van der Waals surface area contributed by atoms with Gasteiger partial charge >= 0.3 is 18.0 Å². The first kappa shape index (κ1) is 72.1. The van der Waals surface area contributed by atoms with Crippen molar-refractivity contribution in [3.05, 3.63) is 125 Å². The van der Waals surface area contributed by atoms with Crippen molar-refractivity contribution in [2.75, 3.05) is 82.3 Å². The number of pyridine rings is 1. The van der Waals surface area contributed by atoms with Crippen LogP contribution in [0.25, 0.3) is 27.4 Å². The van der Waals surface area contributed by atoms with Crippen LogP contribution >= 0.6 is 11.3 Å². The summed E-state index contributed by atoms with van der Waals surface area (Å²) in [5.41, 5.74) is 4.51. The lowest BCUT2D eigenvalue weighted by Gasteiger charge is -2.66. The highest BCUT2D eigenvalue weighted by Crippen LogP contribution is 2.68. The molecule has 10 atom stereocenters. The minimum atomic E-state index is -2.00. The maximum absolute atomic E-state index is 14.0. The van der Waals surface area contributed by atoms with Crippen LogP contribution in [0.3, 0.4) is 0 Å². The van der Waals surface area contributed by atoms with Crippen LogP contribution in [0.5, 0.6) is 11.5 Å². The van der Waals surface area contributed by atoms with E-state index in [9.17, 15) is 63.9 Å². The number of ether oxygens (including phenoxy) is 6. The molecule has 3 bridgehead atoms. The van der Waals surface area contributed by atoms with Gasteiger partial charge in [0.15, 0.2) is 16.9 Å². The number of fused-ring (bicyclic) bond motifs is 4. The highest BCUT2D eigenvalue weighted by atomic mass is 32.1. The molecule has 6 aromatic rings. The summed E-state index contributed by atoms with van der Waals surface area (Å²) in [5.74, 6) is -4.38. The number of aromatic nitrogens is 4. The van der Waals surface area contributed by atoms with Gasteiger partial charge in [0.1, 0.15) is 48.8 Å². The van der Waals surface area contributed by atoms with Crippen molar-refractivity contribution in [1.82, 2.24) is 34.9 Å². The Morgan fingerprint density at radius 2 is 1.63 bits per heavy atom.